The summed E-state index contributed by atoms with van der Waals surface area (Å²) in [7, 11) is 3.96. The molecule has 0 aliphatic rings. The molecule has 2 aromatic heterocycles. The van der Waals surface area contributed by atoms with Crippen LogP contribution in [0.4, 0.5) is 0 Å². The number of carbonyl (C=O) groups excluding carboxylic acids is 1. The third kappa shape index (κ3) is 4.17. The maximum Gasteiger partial charge on any atom is 0.253 e. The van der Waals surface area contributed by atoms with Crippen molar-refractivity contribution in [1.82, 2.24) is 15.2 Å². The van der Waals surface area contributed by atoms with Crippen molar-refractivity contribution in [2.24, 2.45) is 0 Å². The van der Waals surface area contributed by atoms with E-state index in [0.29, 0.717) is 12.1 Å². The zero-order chi connectivity index (χ0) is 15.4. The highest BCUT2D eigenvalue weighted by Gasteiger charge is 2.18. The molecule has 0 aliphatic carbocycles. The van der Waals surface area contributed by atoms with Crippen molar-refractivity contribution in [2.45, 2.75) is 6.04 Å². The number of nitrogens with zero attached hydrogens (tertiary/aromatic N) is 2. The minimum Gasteiger partial charge on any atom is -0.350 e. The van der Waals surface area contributed by atoms with E-state index < -0.39 is 0 Å². The number of halogens is 2. The van der Waals surface area contributed by atoms with E-state index in [9.17, 15) is 4.79 Å². The first kappa shape index (κ1) is 16.2. The summed E-state index contributed by atoms with van der Waals surface area (Å²) < 4.78 is 0. The third-order valence-electron chi connectivity index (χ3n) is 3.02. The molecule has 4 nitrogen and oxygen atoms in total. The van der Waals surface area contributed by atoms with E-state index in [2.05, 4.69) is 21.3 Å². The van der Waals surface area contributed by atoms with Gasteiger partial charge in [-0.25, -0.2) is 4.98 Å². The van der Waals surface area contributed by atoms with Gasteiger partial charge in [0.1, 0.15) is 5.15 Å². The summed E-state index contributed by atoms with van der Waals surface area (Å²) in [6.45, 7) is 0.489. The molecule has 2 rings (SSSR count). The van der Waals surface area contributed by atoms with Crippen LogP contribution in [0.2, 0.25) is 10.2 Å². The molecule has 0 saturated heterocycles. The van der Waals surface area contributed by atoms with Crippen LogP contribution in [0.25, 0.3) is 0 Å². The number of aromatic nitrogens is 1. The first-order valence-corrected chi connectivity index (χ1v) is 7.91. The fourth-order valence-corrected chi connectivity index (χ4v) is 3.16. The number of amides is 1. The van der Waals surface area contributed by atoms with Gasteiger partial charge in [-0.15, -0.1) is 11.3 Å². The molecule has 1 amide bonds. The van der Waals surface area contributed by atoms with E-state index in [1.54, 1.807) is 11.3 Å². The molecule has 2 aromatic rings. The van der Waals surface area contributed by atoms with Gasteiger partial charge >= 0.3 is 0 Å². The molecule has 0 spiro atoms. The first-order chi connectivity index (χ1) is 9.99. The van der Waals surface area contributed by atoms with Crippen LogP contribution in [-0.2, 0) is 0 Å². The van der Waals surface area contributed by atoms with Gasteiger partial charge in [0.25, 0.3) is 5.91 Å². The lowest BCUT2D eigenvalue weighted by Crippen LogP contribution is -2.34. The highest BCUT2D eigenvalue weighted by molar-refractivity contribution is 7.10. The van der Waals surface area contributed by atoms with Gasteiger partial charge < -0.3 is 10.2 Å². The van der Waals surface area contributed by atoms with Crippen molar-refractivity contribution >= 4 is 40.4 Å². The Bertz CT molecular complexity index is 617. The molecular weight excluding hydrogens is 329 g/mol. The number of rotatable bonds is 5. The minimum absolute atomic E-state index is 0.116. The van der Waals surface area contributed by atoms with Crippen LogP contribution >= 0.6 is 34.5 Å². The van der Waals surface area contributed by atoms with Crippen molar-refractivity contribution in [1.29, 1.82) is 0 Å². The molecule has 0 fully saturated rings. The topological polar surface area (TPSA) is 45.2 Å². The van der Waals surface area contributed by atoms with Crippen LogP contribution in [0, 0.1) is 0 Å². The monoisotopic (exact) mass is 343 g/mol. The van der Waals surface area contributed by atoms with Gasteiger partial charge in [-0.3, -0.25) is 4.79 Å². The molecule has 1 unspecified atom stereocenters. The van der Waals surface area contributed by atoms with Gasteiger partial charge in [0.15, 0.2) is 0 Å². The number of likely N-dealkylation sites (N-methyl/N-ethyl adjacent to an activating group) is 1. The van der Waals surface area contributed by atoms with Crippen LogP contribution in [0.5, 0.6) is 0 Å². The summed E-state index contributed by atoms with van der Waals surface area (Å²) >= 11 is 13.4. The first-order valence-electron chi connectivity index (χ1n) is 6.28. The molecule has 1 N–H and O–H groups in total. The van der Waals surface area contributed by atoms with E-state index in [1.165, 1.54) is 17.1 Å². The molecule has 2 heterocycles. The number of hydrogen-bond donors (Lipinski definition) is 1. The maximum atomic E-state index is 12.2. The van der Waals surface area contributed by atoms with Gasteiger partial charge in [-0.1, -0.05) is 29.3 Å². The van der Waals surface area contributed by atoms with Crippen molar-refractivity contribution in [2.75, 3.05) is 20.6 Å². The van der Waals surface area contributed by atoms with Crippen molar-refractivity contribution in [3.05, 3.63) is 50.4 Å². The van der Waals surface area contributed by atoms with Gasteiger partial charge in [0.2, 0.25) is 0 Å². The number of nitrogens with one attached hydrogen (secondary N) is 1. The molecule has 0 aliphatic heterocycles. The van der Waals surface area contributed by atoms with E-state index in [-0.39, 0.29) is 22.1 Å². The van der Waals surface area contributed by atoms with E-state index in [4.69, 9.17) is 23.2 Å². The second-order valence-corrected chi connectivity index (χ2v) is 6.47. The van der Waals surface area contributed by atoms with Crippen molar-refractivity contribution in [3.63, 3.8) is 0 Å². The Labute approximate surface area is 137 Å². The van der Waals surface area contributed by atoms with E-state index >= 15 is 0 Å². The Morgan fingerprint density at radius 3 is 2.86 bits per heavy atom. The lowest BCUT2D eigenvalue weighted by molar-refractivity contribution is 0.0942. The molecule has 0 radical (unpaired) electrons. The quantitative estimate of drug-likeness (QED) is 0.845. The summed E-state index contributed by atoms with van der Waals surface area (Å²) in [5.41, 5.74) is 0.334. The third-order valence-corrected chi connectivity index (χ3v) is 4.50. The van der Waals surface area contributed by atoms with Crippen molar-refractivity contribution < 1.29 is 4.79 Å². The molecule has 7 heteroatoms. The van der Waals surface area contributed by atoms with Crippen LogP contribution in [-0.4, -0.2) is 36.4 Å². The number of carbonyl (C=O) groups is 1. The number of pyridine rings is 1. The van der Waals surface area contributed by atoms with E-state index in [0.717, 1.165) is 0 Å². The summed E-state index contributed by atoms with van der Waals surface area (Å²) in [5.74, 6) is -0.257. The summed E-state index contributed by atoms with van der Waals surface area (Å²) in [6.07, 6.45) is 1.38. The molecule has 0 aromatic carbocycles. The standard InChI is InChI=1S/C14H15Cl2N3OS/c1-19(2)11(12-4-3-5-21-12)8-18-14(20)9-6-13(16)17-7-10(9)15/h3-7,11H,8H2,1-2H3,(H,18,20). The Morgan fingerprint density at radius 1 is 1.48 bits per heavy atom. The Morgan fingerprint density at radius 2 is 2.24 bits per heavy atom. The second kappa shape index (κ2) is 7.22. The van der Waals surface area contributed by atoms with Crippen molar-refractivity contribution in [3.8, 4) is 0 Å². The Balaban J connectivity index is 2.07. The average Bonchev–Trinajstić information content (AvgIpc) is 2.95. The minimum atomic E-state index is -0.257. The maximum absolute atomic E-state index is 12.2. The molecule has 21 heavy (non-hydrogen) atoms. The van der Waals surface area contributed by atoms with Crippen LogP contribution in [0.1, 0.15) is 21.3 Å². The molecule has 1 atom stereocenters. The summed E-state index contributed by atoms with van der Waals surface area (Å²) in [5, 5.41) is 5.44. The smallest absolute Gasteiger partial charge is 0.253 e. The van der Waals surface area contributed by atoms with Gasteiger partial charge in [-0.2, -0.15) is 0 Å². The van der Waals surface area contributed by atoms with Gasteiger partial charge in [0, 0.05) is 17.6 Å². The zero-order valence-electron chi connectivity index (χ0n) is 11.6. The van der Waals surface area contributed by atoms with E-state index in [1.807, 2.05) is 25.5 Å². The van der Waals surface area contributed by atoms with Crippen LogP contribution < -0.4 is 5.32 Å². The Kier molecular flexibility index (Phi) is 5.58. The number of thiophene rings is 1. The molecule has 0 bridgehead atoms. The zero-order valence-corrected chi connectivity index (χ0v) is 14.0. The second-order valence-electron chi connectivity index (χ2n) is 4.69. The van der Waals surface area contributed by atoms with Crippen LogP contribution in [0.15, 0.2) is 29.8 Å². The summed E-state index contributed by atoms with van der Waals surface area (Å²) in [6, 6.07) is 5.63. The highest BCUT2D eigenvalue weighted by Crippen LogP contribution is 2.23. The largest absolute Gasteiger partial charge is 0.350 e. The summed E-state index contributed by atoms with van der Waals surface area (Å²) in [4.78, 5) is 19.3. The van der Waals surface area contributed by atoms with Gasteiger partial charge in [0.05, 0.1) is 16.6 Å². The SMILES string of the molecule is CN(C)C(CNC(=O)c1cc(Cl)ncc1Cl)c1cccs1. The molecule has 0 saturated carbocycles. The predicted molar refractivity (Wildman–Crippen MR) is 87.3 cm³/mol. The average molecular weight is 344 g/mol. The highest BCUT2D eigenvalue weighted by atomic mass is 35.5. The Hall–Kier alpha value is -1.14. The number of hydrogen-bond acceptors (Lipinski definition) is 4. The van der Waals surface area contributed by atoms with Crippen LogP contribution in [0.3, 0.4) is 0 Å². The fourth-order valence-electron chi connectivity index (χ4n) is 1.89. The predicted octanol–water partition coefficient (Wildman–Crippen LogP) is 3.48. The lowest BCUT2D eigenvalue weighted by Gasteiger charge is -2.23. The fraction of sp³-hybridized carbons (Fsp3) is 0.286. The normalized spacial score (nSPS) is 12.4. The molecule has 112 valence electrons. The molecular formula is C14H15Cl2N3OS. The lowest BCUT2D eigenvalue weighted by atomic mass is 10.2. The van der Waals surface area contributed by atoms with Gasteiger partial charge in [-0.05, 0) is 31.6 Å².